The SMILES string of the molecule is COc1ccc(N(C(=O)CCl)c2ccc(OC)c(Cl)c2)cc1. The van der Waals surface area contributed by atoms with Crippen LogP contribution in [0.25, 0.3) is 0 Å². The van der Waals surface area contributed by atoms with Crippen molar-refractivity contribution in [1.82, 2.24) is 0 Å². The molecule has 0 spiro atoms. The summed E-state index contributed by atoms with van der Waals surface area (Å²) < 4.78 is 10.2. The van der Waals surface area contributed by atoms with Crippen LogP contribution in [0.1, 0.15) is 0 Å². The second-order valence-corrected chi connectivity index (χ2v) is 5.05. The van der Waals surface area contributed by atoms with E-state index in [0.29, 0.717) is 27.9 Å². The van der Waals surface area contributed by atoms with Crippen LogP contribution in [0.2, 0.25) is 5.02 Å². The van der Waals surface area contributed by atoms with E-state index < -0.39 is 0 Å². The van der Waals surface area contributed by atoms with Crippen LogP contribution < -0.4 is 14.4 Å². The van der Waals surface area contributed by atoms with Crippen molar-refractivity contribution in [3.63, 3.8) is 0 Å². The molecule has 0 bridgehead atoms. The van der Waals surface area contributed by atoms with Gasteiger partial charge in [0.1, 0.15) is 17.4 Å². The topological polar surface area (TPSA) is 38.8 Å². The fraction of sp³-hybridized carbons (Fsp3) is 0.188. The molecule has 0 saturated carbocycles. The standard InChI is InChI=1S/C16H15Cl2NO3/c1-21-13-6-3-11(4-7-13)19(16(20)10-17)12-5-8-15(22-2)14(18)9-12/h3-9H,10H2,1-2H3. The molecule has 6 heteroatoms. The Morgan fingerprint density at radius 2 is 1.68 bits per heavy atom. The summed E-state index contributed by atoms with van der Waals surface area (Å²) in [6, 6.07) is 12.2. The molecule has 0 aromatic heterocycles. The zero-order valence-electron chi connectivity index (χ0n) is 12.2. The molecule has 1 amide bonds. The number of benzene rings is 2. The van der Waals surface area contributed by atoms with Gasteiger partial charge in [-0.25, -0.2) is 0 Å². The third-order valence-electron chi connectivity index (χ3n) is 3.09. The van der Waals surface area contributed by atoms with E-state index >= 15 is 0 Å². The number of hydrogen-bond donors (Lipinski definition) is 0. The summed E-state index contributed by atoms with van der Waals surface area (Å²) in [7, 11) is 3.12. The summed E-state index contributed by atoms with van der Waals surface area (Å²) >= 11 is 11.9. The first-order chi connectivity index (χ1) is 10.6. The summed E-state index contributed by atoms with van der Waals surface area (Å²) in [5, 5.41) is 0.417. The molecular formula is C16H15Cl2NO3. The van der Waals surface area contributed by atoms with Crippen LogP contribution >= 0.6 is 23.2 Å². The molecule has 0 fully saturated rings. The zero-order chi connectivity index (χ0) is 16.1. The highest BCUT2D eigenvalue weighted by atomic mass is 35.5. The first-order valence-electron chi connectivity index (χ1n) is 6.47. The lowest BCUT2D eigenvalue weighted by molar-refractivity contribution is -0.115. The van der Waals surface area contributed by atoms with Gasteiger partial charge in [-0.2, -0.15) is 0 Å². The minimum Gasteiger partial charge on any atom is -0.497 e. The average Bonchev–Trinajstić information content (AvgIpc) is 2.55. The van der Waals surface area contributed by atoms with Crippen molar-refractivity contribution in [2.45, 2.75) is 0 Å². The van der Waals surface area contributed by atoms with Gasteiger partial charge in [0.15, 0.2) is 0 Å². The molecule has 2 rings (SSSR count). The maximum absolute atomic E-state index is 12.2. The number of carbonyl (C=O) groups excluding carboxylic acids is 1. The minimum absolute atomic E-state index is 0.143. The van der Waals surface area contributed by atoms with Crippen LogP contribution in [0.3, 0.4) is 0 Å². The van der Waals surface area contributed by atoms with E-state index in [1.165, 1.54) is 12.0 Å². The highest BCUT2D eigenvalue weighted by Gasteiger charge is 2.18. The summed E-state index contributed by atoms with van der Waals surface area (Å²) in [5.74, 6) is 0.844. The molecule has 22 heavy (non-hydrogen) atoms. The van der Waals surface area contributed by atoms with E-state index in [2.05, 4.69) is 0 Å². The Bertz CT molecular complexity index is 659. The van der Waals surface area contributed by atoms with Gasteiger partial charge < -0.3 is 9.47 Å². The molecule has 0 unspecified atom stereocenters. The predicted molar refractivity (Wildman–Crippen MR) is 88.9 cm³/mol. The lowest BCUT2D eigenvalue weighted by Crippen LogP contribution is -2.26. The number of anilines is 2. The van der Waals surface area contributed by atoms with Crippen LogP contribution in [0, 0.1) is 0 Å². The van der Waals surface area contributed by atoms with E-state index in [4.69, 9.17) is 32.7 Å². The van der Waals surface area contributed by atoms with Crippen LogP contribution in [-0.2, 0) is 4.79 Å². The highest BCUT2D eigenvalue weighted by Crippen LogP contribution is 2.33. The second-order valence-electron chi connectivity index (χ2n) is 4.38. The van der Waals surface area contributed by atoms with E-state index in [1.807, 2.05) is 0 Å². The first-order valence-corrected chi connectivity index (χ1v) is 7.38. The van der Waals surface area contributed by atoms with Gasteiger partial charge in [0.2, 0.25) is 5.91 Å². The normalized spacial score (nSPS) is 10.2. The summed E-state index contributed by atoms with van der Waals surface area (Å²) in [4.78, 5) is 13.7. The fourth-order valence-corrected chi connectivity index (χ4v) is 2.39. The number of alkyl halides is 1. The smallest absolute Gasteiger partial charge is 0.246 e. The van der Waals surface area contributed by atoms with Gasteiger partial charge in [0, 0.05) is 5.69 Å². The molecule has 116 valence electrons. The number of halogens is 2. The number of carbonyl (C=O) groups is 1. The minimum atomic E-state index is -0.256. The molecule has 4 nitrogen and oxygen atoms in total. The van der Waals surface area contributed by atoms with Crippen molar-refractivity contribution in [2.75, 3.05) is 25.0 Å². The number of ether oxygens (including phenoxy) is 2. The molecule has 0 aliphatic heterocycles. The van der Waals surface area contributed by atoms with E-state index in [0.717, 1.165) is 0 Å². The van der Waals surface area contributed by atoms with Crippen LogP contribution in [0.15, 0.2) is 42.5 Å². The fourth-order valence-electron chi connectivity index (χ4n) is 2.02. The van der Waals surface area contributed by atoms with Crippen molar-refractivity contribution in [2.24, 2.45) is 0 Å². The number of hydrogen-bond acceptors (Lipinski definition) is 3. The summed E-state index contributed by atoms with van der Waals surface area (Å²) in [6.07, 6.45) is 0. The number of amides is 1. The Labute approximate surface area is 139 Å². The van der Waals surface area contributed by atoms with Gasteiger partial charge in [-0.15, -0.1) is 11.6 Å². The van der Waals surface area contributed by atoms with Gasteiger partial charge in [0.05, 0.1) is 24.9 Å². The Morgan fingerprint density at radius 3 is 2.18 bits per heavy atom. The highest BCUT2D eigenvalue weighted by molar-refractivity contribution is 6.33. The molecular weight excluding hydrogens is 325 g/mol. The third-order valence-corrected chi connectivity index (χ3v) is 3.61. The van der Waals surface area contributed by atoms with Gasteiger partial charge >= 0.3 is 0 Å². The molecule has 0 atom stereocenters. The predicted octanol–water partition coefficient (Wildman–Crippen LogP) is 4.26. The van der Waals surface area contributed by atoms with Gasteiger partial charge in [-0.3, -0.25) is 9.69 Å². The van der Waals surface area contributed by atoms with Crippen molar-refractivity contribution < 1.29 is 14.3 Å². The maximum Gasteiger partial charge on any atom is 0.246 e. The summed E-state index contributed by atoms with van der Waals surface area (Å²) in [5.41, 5.74) is 1.29. The Kier molecular flexibility index (Phi) is 5.52. The third kappa shape index (κ3) is 3.46. The van der Waals surface area contributed by atoms with Crippen LogP contribution in [0.5, 0.6) is 11.5 Å². The second kappa shape index (κ2) is 7.38. The number of rotatable bonds is 5. The lowest BCUT2D eigenvalue weighted by atomic mass is 10.2. The van der Waals surface area contributed by atoms with Crippen molar-refractivity contribution in [3.8, 4) is 11.5 Å². The maximum atomic E-state index is 12.2. The molecule has 0 heterocycles. The van der Waals surface area contributed by atoms with Gasteiger partial charge in [-0.05, 0) is 42.5 Å². The first kappa shape index (κ1) is 16.5. The van der Waals surface area contributed by atoms with Crippen LogP contribution in [0.4, 0.5) is 11.4 Å². The Balaban J connectivity index is 2.45. The monoisotopic (exact) mass is 339 g/mol. The van der Waals surface area contributed by atoms with E-state index in [1.54, 1.807) is 49.6 Å². The molecule has 2 aromatic rings. The van der Waals surface area contributed by atoms with Gasteiger partial charge in [0.25, 0.3) is 0 Å². The largest absolute Gasteiger partial charge is 0.497 e. The van der Waals surface area contributed by atoms with Crippen LogP contribution in [-0.4, -0.2) is 26.0 Å². The molecule has 0 radical (unpaired) electrons. The molecule has 0 aliphatic carbocycles. The van der Waals surface area contributed by atoms with E-state index in [9.17, 15) is 4.79 Å². The summed E-state index contributed by atoms with van der Waals surface area (Å²) in [6.45, 7) is 0. The zero-order valence-corrected chi connectivity index (χ0v) is 13.7. The van der Waals surface area contributed by atoms with Gasteiger partial charge in [-0.1, -0.05) is 11.6 Å². The molecule has 2 aromatic carbocycles. The molecule has 0 aliphatic rings. The van der Waals surface area contributed by atoms with Crippen molar-refractivity contribution in [1.29, 1.82) is 0 Å². The van der Waals surface area contributed by atoms with E-state index in [-0.39, 0.29) is 11.8 Å². The Morgan fingerprint density at radius 1 is 1.05 bits per heavy atom. The number of methoxy groups -OCH3 is 2. The van der Waals surface area contributed by atoms with Crippen molar-refractivity contribution in [3.05, 3.63) is 47.5 Å². The van der Waals surface area contributed by atoms with Crippen molar-refractivity contribution >= 4 is 40.5 Å². The number of nitrogens with zero attached hydrogens (tertiary/aromatic N) is 1. The Hall–Kier alpha value is -1.91. The average molecular weight is 340 g/mol. The molecule has 0 N–H and O–H groups in total. The quantitative estimate of drug-likeness (QED) is 0.764. The lowest BCUT2D eigenvalue weighted by Gasteiger charge is -2.23. The molecule has 0 saturated heterocycles.